The van der Waals surface area contributed by atoms with Gasteiger partial charge in [-0.25, -0.2) is 24.1 Å². The van der Waals surface area contributed by atoms with Gasteiger partial charge in [-0.05, 0) is 12.1 Å². The van der Waals surface area contributed by atoms with Gasteiger partial charge in [-0.2, -0.15) is 19.0 Å². The molecule has 0 aliphatic heterocycles. The van der Waals surface area contributed by atoms with Crippen molar-refractivity contribution in [1.82, 2.24) is 34.9 Å². The van der Waals surface area contributed by atoms with Gasteiger partial charge >= 0.3 is 6.61 Å². The first-order valence-corrected chi connectivity index (χ1v) is 8.08. The summed E-state index contributed by atoms with van der Waals surface area (Å²) in [6.45, 7) is -3.70. The molecule has 0 bridgehead atoms. The highest BCUT2D eigenvalue weighted by Gasteiger charge is 2.20. The molecule has 4 aromatic rings. The molecule has 2 N–H and O–H groups in total. The third kappa shape index (κ3) is 3.56. The van der Waals surface area contributed by atoms with E-state index in [9.17, 15) is 13.2 Å². The van der Waals surface area contributed by atoms with E-state index in [1.54, 1.807) is 24.4 Å². The van der Waals surface area contributed by atoms with Gasteiger partial charge in [0, 0.05) is 12.3 Å². The van der Waals surface area contributed by atoms with Gasteiger partial charge in [-0.3, -0.25) is 4.98 Å². The standard InChI is InChI=1S/C16H13F3N8O/c17-6-11(9-3-1-2-4-20-9)27-15-10(7-22-27)21-8-13(24-15)23-12-5-14(26-25-12)28-16(18)19/h1-5,7-8,11,16H,6H2,(H2,23,24,25,26)/t11-/m0/s1. The molecule has 9 nitrogen and oxygen atoms in total. The van der Waals surface area contributed by atoms with Crippen molar-refractivity contribution >= 4 is 22.8 Å². The minimum atomic E-state index is -2.97. The largest absolute Gasteiger partial charge is 0.417 e. The molecule has 0 saturated carbocycles. The first-order chi connectivity index (χ1) is 13.6. The minimum Gasteiger partial charge on any atom is -0.417 e. The van der Waals surface area contributed by atoms with E-state index in [1.807, 2.05) is 0 Å². The van der Waals surface area contributed by atoms with E-state index in [-0.39, 0.29) is 17.5 Å². The average molecular weight is 390 g/mol. The Bertz CT molecular complexity index is 1070. The molecule has 0 saturated heterocycles. The van der Waals surface area contributed by atoms with Gasteiger partial charge in [0.25, 0.3) is 0 Å². The number of fused-ring (bicyclic) bond motifs is 1. The number of pyridine rings is 1. The Morgan fingerprint density at radius 3 is 2.82 bits per heavy atom. The van der Waals surface area contributed by atoms with Crippen LogP contribution in [0.4, 0.5) is 24.8 Å². The summed E-state index contributed by atoms with van der Waals surface area (Å²) in [5.74, 6) is 0.259. The summed E-state index contributed by atoms with van der Waals surface area (Å²) >= 11 is 0. The molecule has 4 rings (SSSR count). The van der Waals surface area contributed by atoms with E-state index in [1.165, 1.54) is 23.1 Å². The van der Waals surface area contributed by atoms with E-state index in [0.29, 0.717) is 16.9 Å². The van der Waals surface area contributed by atoms with Crippen molar-refractivity contribution in [3.63, 3.8) is 0 Å². The lowest BCUT2D eigenvalue weighted by Crippen LogP contribution is -2.16. The molecule has 144 valence electrons. The van der Waals surface area contributed by atoms with Gasteiger partial charge in [-0.1, -0.05) is 6.07 Å². The van der Waals surface area contributed by atoms with E-state index in [0.717, 1.165) is 0 Å². The van der Waals surface area contributed by atoms with Crippen LogP contribution < -0.4 is 10.1 Å². The number of nitrogens with zero attached hydrogens (tertiary/aromatic N) is 6. The normalized spacial score (nSPS) is 12.4. The molecule has 0 aliphatic carbocycles. The number of halogens is 3. The number of aromatic nitrogens is 7. The Morgan fingerprint density at radius 2 is 2.07 bits per heavy atom. The van der Waals surface area contributed by atoms with Crippen LogP contribution in [0.25, 0.3) is 11.2 Å². The van der Waals surface area contributed by atoms with Gasteiger partial charge in [0.15, 0.2) is 17.3 Å². The van der Waals surface area contributed by atoms with Gasteiger partial charge in [-0.15, -0.1) is 0 Å². The summed E-state index contributed by atoms with van der Waals surface area (Å²) in [7, 11) is 0. The first-order valence-electron chi connectivity index (χ1n) is 8.08. The monoisotopic (exact) mass is 390 g/mol. The van der Waals surface area contributed by atoms with Gasteiger partial charge in [0.1, 0.15) is 18.2 Å². The number of rotatable bonds is 7. The van der Waals surface area contributed by atoms with Crippen LogP contribution in [0, 0.1) is 0 Å². The summed E-state index contributed by atoms with van der Waals surface area (Å²) in [5.41, 5.74) is 1.29. The van der Waals surface area contributed by atoms with Crippen molar-refractivity contribution in [1.29, 1.82) is 0 Å². The molecule has 0 fully saturated rings. The van der Waals surface area contributed by atoms with Gasteiger partial charge < -0.3 is 10.1 Å². The Balaban J connectivity index is 1.63. The molecule has 0 aromatic carbocycles. The summed E-state index contributed by atoms with van der Waals surface area (Å²) in [5, 5.41) is 13.1. The smallest absolute Gasteiger partial charge is 0.388 e. The molecular formula is C16H13F3N8O. The molecule has 12 heteroatoms. The summed E-state index contributed by atoms with van der Waals surface area (Å²) < 4.78 is 43.8. The lowest BCUT2D eigenvalue weighted by Gasteiger charge is -2.14. The van der Waals surface area contributed by atoms with Crippen molar-refractivity contribution in [2.24, 2.45) is 0 Å². The lowest BCUT2D eigenvalue weighted by atomic mass is 10.2. The quantitative estimate of drug-likeness (QED) is 0.500. The highest BCUT2D eigenvalue weighted by molar-refractivity contribution is 5.72. The number of alkyl halides is 3. The van der Waals surface area contributed by atoms with Crippen molar-refractivity contribution in [2.75, 3.05) is 12.0 Å². The topological polar surface area (TPSA) is 106 Å². The number of aromatic amines is 1. The fourth-order valence-electron chi connectivity index (χ4n) is 2.61. The fourth-order valence-corrected chi connectivity index (χ4v) is 2.61. The molecule has 1 atom stereocenters. The van der Waals surface area contributed by atoms with E-state index >= 15 is 0 Å². The number of nitrogens with one attached hydrogen (secondary N) is 2. The molecular weight excluding hydrogens is 377 g/mol. The van der Waals surface area contributed by atoms with Crippen LogP contribution in [0.5, 0.6) is 5.88 Å². The lowest BCUT2D eigenvalue weighted by molar-refractivity contribution is -0.0528. The zero-order valence-electron chi connectivity index (χ0n) is 14.1. The van der Waals surface area contributed by atoms with Crippen LogP contribution in [0.1, 0.15) is 11.7 Å². The highest BCUT2D eigenvalue weighted by Crippen LogP contribution is 2.23. The van der Waals surface area contributed by atoms with Crippen LogP contribution in [0.2, 0.25) is 0 Å². The van der Waals surface area contributed by atoms with Crippen LogP contribution in [-0.4, -0.2) is 48.2 Å². The number of hydrogen-bond acceptors (Lipinski definition) is 7. The third-order valence-electron chi connectivity index (χ3n) is 3.80. The van der Waals surface area contributed by atoms with E-state index in [4.69, 9.17) is 0 Å². The maximum atomic E-state index is 13.7. The highest BCUT2D eigenvalue weighted by atomic mass is 19.3. The predicted molar refractivity (Wildman–Crippen MR) is 92.2 cm³/mol. The number of anilines is 2. The fraction of sp³-hybridized carbons (Fsp3) is 0.188. The summed E-state index contributed by atoms with van der Waals surface area (Å²) in [4.78, 5) is 12.8. The summed E-state index contributed by atoms with van der Waals surface area (Å²) in [6, 6.07) is 5.67. The second-order valence-corrected chi connectivity index (χ2v) is 5.60. The Labute approximate surface area is 155 Å². The molecule has 0 aliphatic rings. The van der Waals surface area contributed by atoms with Gasteiger partial charge in [0.2, 0.25) is 5.88 Å². The molecule has 4 aromatic heterocycles. The first kappa shape index (κ1) is 17.7. The average Bonchev–Trinajstić information content (AvgIpc) is 3.30. The number of H-pyrrole nitrogens is 1. The maximum absolute atomic E-state index is 13.7. The summed E-state index contributed by atoms with van der Waals surface area (Å²) in [6.07, 6.45) is 4.46. The predicted octanol–water partition coefficient (Wildman–Crippen LogP) is 2.85. The zero-order chi connectivity index (χ0) is 19.5. The Morgan fingerprint density at radius 1 is 1.18 bits per heavy atom. The molecule has 0 radical (unpaired) electrons. The van der Waals surface area contributed by atoms with Crippen molar-refractivity contribution in [3.8, 4) is 5.88 Å². The Hall–Kier alpha value is -3.70. The maximum Gasteiger partial charge on any atom is 0.388 e. The van der Waals surface area contributed by atoms with Crippen molar-refractivity contribution in [3.05, 3.63) is 48.5 Å². The zero-order valence-corrected chi connectivity index (χ0v) is 14.1. The van der Waals surface area contributed by atoms with Crippen molar-refractivity contribution < 1.29 is 17.9 Å². The molecule has 0 amide bonds. The molecule has 0 unspecified atom stereocenters. The molecule has 4 heterocycles. The van der Waals surface area contributed by atoms with Crippen LogP contribution in [-0.2, 0) is 0 Å². The third-order valence-corrected chi connectivity index (χ3v) is 3.80. The van der Waals surface area contributed by atoms with E-state index in [2.05, 4.69) is 40.3 Å². The Kier molecular flexibility index (Phi) is 4.74. The van der Waals surface area contributed by atoms with E-state index < -0.39 is 19.3 Å². The molecule has 0 spiro atoms. The van der Waals surface area contributed by atoms with Crippen LogP contribution in [0.3, 0.4) is 0 Å². The van der Waals surface area contributed by atoms with Crippen molar-refractivity contribution in [2.45, 2.75) is 12.7 Å². The SMILES string of the molecule is FC[C@@H](c1ccccn1)n1ncc2ncc(Nc3cc(OC(F)F)[nH]n3)nc21. The van der Waals surface area contributed by atoms with Crippen LogP contribution in [0.15, 0.2) is 42.9 Å². The number of hydrogen-bond donors (Lipinski definition) is 2. The second kappa shape index (κ2) is 7.50. The second-order valence-electron chi connectivity index (χ2n) is 5.60. The van der Waals surface area contributed by atoms with Gasteiger partial charge in [0.05, 0.1) is 18.1 Å². The molecule has 28 heavy (non-hydrogen) atoms. The minimum absolute atomic E-state index is 0.196. The van der Waals surface area contributed by atoms with Crippen LogP contribution >= 0.6 is 0 Å². The number of ether oxygens (including phenoxy) is 1.